The topological polar surface area (TPSA) is 49.9 Å². The standard InChI is InChI=1S/C16H23FN2O3S/c1-13-6-8-18(9-7-13)23(20,21)19-10-11-22-16(12-19)14-2-4-15(17)5-3-14/h2-5,13,16H,6-12H2,1H3/t16-/m1/s1. The van der Waals surface area contributed by atoms with E-state index in [-0.39, 0.29) is 18.5 Å². The molecule has 128 valence electrons. The summed E-state index contributed by atoms with van der Waals surface area (Å²) in [6.07, 6.45) is 1.47. The van der Waals surface area contributed by atoms with E-state index in [0.29, 0.717) is 32.2 Å². The summed E-state index contributed by atoms with van der Waals surface area (Å²) in [4.78, 5) is 0. The van der Waals surface area contributed by atoms with Crippen molar-refractivity contribution in [1.82, 2.24) is 8.61 Å². The van der Waals surface area contributed by atoms with Gasteiger partial charge < -0.3 is 4.74 Å². The molecule has 0 amide bonds. The molecule has 3 rings (SSSR count). The Balaban J connectivity index is 1.71. The Morgan fingerprint density at radius 3 is 2.39 bits per heavy atom. The molecule has 0 saturated carbocycles. The van der Waals surface area contributed by atoms with Crippen molar-refractivity contribution in [3.63, 3.8) is 0 Å². The fraction of sp³-hybridized carbons (Fsp3) is 0.625. The van der Waals surface area contributed by atoms with Crippen molar-refractivity contribution in [1.29, 1.82) is 0 Å². The maximum absolute atomic E-state index is 13.0. The summed E-state index contributed by atoms with van der Waals surface area (Å²) in [5, 5.41) is 0. The molecule has 0 spiro atoms. The van der Waals surface area contributed by atoms with Crippen LogP contribution in [0.4, 0.5) is 4.39 Å². The van der Waals surface area contributed by atoms with E-state index in [1.165, 1.54) is 16.4 Å². The van der Waals surface area contributed by atoms with Gasteiger partial charge in [-0.1, -0.05) is 19.1 Å². The lowest BCUT2D eigenvalue weighted by molar-refractivity contribution is -0.00465. The van der Waals surface area contributed by atoms with Crippen LogP contribution in [0.15, 0.2) is 24.3 Å². The largest absolute Gasteiger partial charge is 0.371 e. The first-order valence-corrected chi connectivity index (χ1v) is 9.49. The molecule has 2 fully saturated rings. The van der Waals surface area contributed by atoms with Gasteiger partial charge in [0.1, 0.15) is 5.82 Å². The van der Waals surface area contributed by atoms with Crippen molar-refractivity contribution in [2.45, 2.75) is 25.9 Å². The number of ether oxygens (including phenoxy) is 1. The lowest BCUT2D eigenvalue weighted by Crippen LogP contribution is -2.51. The predicted octanol–water partition coefficient (Wildman–Crippen LogP) is 2.18. The van der Waals surface area contributed by atoms with E-state index >= 15 is 0 Å². The Morgan fingerprint density at radius 2 is 1.74 bits per heavy atom. The second kappa shape index (κ2) is 6.84. The molecule has 0 bridgehead atoms. The van der Waals surface area contributed by atoms with Crippen LogP contribution in [-0.4, -0.2) is 49.8 Å². The van der Waals surface area contributed by atoms with Crippen molar-refractivity contribution >= 4 is 10.2 Å². The van der Waals surface area contributed by atoms with Gasteiger partial charge in [0.2, 0.25) is 0 Å². The normalized spacial score (nSPS) is 25.6. The maximum atomic E-state index is 13.0. The molecule has 5 nitrogen and oxygen atoms in total. The number of benzene rings is 1. The first-order valence-electron chi connectivity index (χ1n) is 8.09. The third-order valence-electron chi connectivity index (χ3n) is 4.67. The number of piperidine rings is 1. The van der Waals surface area contributed by atoms with Gasteiger partial charge in [0.05, 0.1) is 12.7 Å². The molecule has 0 aliphatic carbocycles. The Morgan fingerprint density at radius 1 is 1.09 bits per heavy atom. The van der Waals surface area contributed by atoms with Gasteiger partial charge in [-0.25, -0.2) is 4.39 Å². The SMILES string of the molecule is CC1CCN(S(=O)(=O)N2CCO[C@@H](c3ccc(F)cc3)C2)CC1. The molecular formula is C16H23FN2O3S. The molecule has 23 heavy (non-hydrogen) atoms. The van der Waals surface area contributed by atoms with Crippen LogP contribution in [0.25, 0.3) is 0 Å². The minimum absolute atomic E-state index is 0.278. The Bertz CT molecular complexity index is 627. The van der Waals surface area contributed by atoms with E-state index < -0.39 is 10.2 Å². The molecule has 2 aliphatic heterocycles. The minimum Gasteiger partial charge on any atom is -0.371 e. The smallest absolute Gasteiger partial charge is 0.282 e. The quantitative estimate of drug-likeness (QED) is 0.846. The maximum Gasteiger partial charge on any atom is 0.282 e. The van der Waals surface area contributed by atoms with Crippen molar-refractivity contribution in [3.05, 3.63) is 35.6 Å². The zero-order valence-corrected chi connectivity index (χ0v) is 14.1. The molecule has 0 radical (unpaired) electrons. The fourth-order valence-electron chi connectivity index (χ4n) is 3.09. The Labute approximate surface area is 137 Å². The van der Waals surface area contributed by atoms with E-state index in [1.54, 1.807) is 16.4 Å². The van der Waals surface area contributed by atoms with Crippen molar-refractivity contribution in [2.75, 3.05) is 32.8 Å². The highest BCUT2D eigenvalue weighted by molar-refractivity contribution is 7.86. The van der Waals surface area contributed by atoms with Crippen molar-refractivity contribution in [2.24, 2.45) is 5.92 Å². The number of nitrogens with zero attached hydrogens (tertiary/aromatic N) is 2. The zero-order valence-electron chi connectivity index (χ0n) is 13.3. The molecule has 2 aliphatic rings. The molecule has 0 aromatic heterocycles. The Kier molecular flexibility index (Phi) is 5.01. The monoisotopic (exact) mass is 342 g/mol. The third-order valence-corrected chi connectivity index (χ3v) is 6.67. The summed E-state index contributed by atoms with van der Waals surface area (Å²) in [5.74, 6) is 0.273. The van der Waals surface area contributed by atoms with Crippen LogP contribution in [0.1, 0.15) is 31.4 Å². The number of hydrogen-bond donors (Lipinski definition) is 0. The van der Waals surface area contributed by atoms with Gasteiger partial charge in [0, 0.05) is 26.2 Å². The average molecular weight is 342 g/mol. The van der Waals surface area contributed by atoms with Crippen LogP contribution < -0.4 is 0 Å². The summed E-state index contributed by atoms with van der Waals surface area (Å²) in [7, 11) is -3.45. The van der Waals surface area contributed by atoms with Crippen molar-refractivity contribution in [3.8, 4) is 0 Å². The summed E-state index contributed by atoms with van der Waals surface area (Å²) < 4.78 is 47.4. The van der Waals surface area contributed by atoms with Crippen LogP contribution >= 0.6 is 0 Å². The van der Waals surface area contributed by atoms with E-state index in [9.17, 15) is 12.8 Å². The summed E-state index contributed by atoms with van der Waals surface area (Å²) in [5.41, 5.74) is 0.804. The van der Waals surface area contributed by atoms with Crippen LogP contribution in [0, 0.1) is 11.7 Å². The van der Waals surface area contributed by atoms with Crippen LogP contribution in [-0.2, 0) is 14.9 Å². The average Bonchev–Trinajstić information content (AvgIpc) is 2.56. The van der Waals surface area contributed by atoms with Gasteiger partial charge in [0.25, 0.3) is 10.2 Å². The van der Waals surface area contributed by atoms with E-state index in [4.69, 9.17) is 4.74 Å². The minimum atomic E-state index is -3.45. The highest BCUT2D eigenvalue weighted by Gasteiger charge is 2.35. The van der Waals surface area contributed by atoms with Crippen LogP contribution in [0.2, 0.25) is 0 Å². The summed E-state index contributed by atoms with van der Waals surface area (Å²) >= 11 is 0. The first-order chi connectivity index (χ1) is 11.0. The molecule has 0 unspecified atom stereocenters. The van der Waals surface area contributed by atoms with E-state index in [2.05, 4.69) is 6.92 Å². The van der Waals surface area contributed by atoms with Crippen LogP contribution in [0.3, 0.4) is 0 Å². The lowest BCUT2D eigenvalue weighted by atomic mass is 10.0. The van der Waals surface area contributed by atoms with Crippen molar-refractivity contribution < 1.29 is 17.5 Å². The Hall–Kier alpha value is -1.02. The highest BCUT2D eigenvalue weighted by Crippen LogP contribution is 2.27. The van der Waals surface area contributed by atoms with Gasteiger partial charge >= 0.3 is 0 Å². The molecule has 1 atom stereocenters. The molecule has 0 N–H and O–H groups in total. The fourth-order valence-corrected chi connectivity index (χ4v) is 4.72. The van der Waals surface area contributed by atoms with Crippen LogP contribution in [0.5, 0.6) is 0 Å². The van der Waals surface area contributed by atoms with Gasteiger partial charge in [-0.15, -0.1) is 0 Å². The summed E-state index contributed by atoms with van der Waals surface area (Å²) in [6.45, 7) is 4.32. The highest BCUT2D eigenvalue weighted by atomic mass is 32.2. The second-order valence-corrected chi connectivity index (χ2v) is 8.29. The molecule has 1 aromatic carbocycles. The first kappa shape index (κ1) is 16.8. The molecule has 7 heteroatoms. The molecule has 1 aromatic rings. The number of hydrogen-bond acceptors (Lipinski definition) is 3. The predicted molar refractivity (Wildman–Crippen MR) is 85.6 cm³/mol. The van der Waals surface area contributed by atoms with E-state index in [0.717, 1.165) is 18.4 Å². The number of halogens is 1. The van der Waals surface area contributed by atoms with Gasteiger partial charge in [0.15, 0.2) is 0 Å². The second-order valence-electron chi connectivity index (χ2n) is 6.36. The number of morpholine rings is 1. The van der Waals surface area contributed by atoms with Gasteiger partial charge in [-0.05, 0) is 36.5 Å². The van der Waals surface area contributed by atoms with Gasteiger partial charge in [-0.3, -0.25) is 0 Å². The molecular weight excluding hydrogens is 319 g/mol. The zero-order chi connectivity index (χ0) is 16.4. The van der Waals surface area contributed by atoms with Gasteiger partial charge in [-0.2, -0.15) is 17.0 Å². The summed E-state index contributed by atoms with van der Waals surface area (Å²) in [6, 6.07) is 6.05. The lowest BCUT2D eigenvalue weighted by Gasteiger charge is -2.37. The molecule has 2 saturated heterocycles. The number of rotatable bonds is 3. The molecule has 2 heterocycles. The third kappa shape index (κ3) is 3.74. The van der Waals surface area contributed by atoms with E-state index in [1.807, 2.05) is 0 Å².